The van der Waals surface area contributed by atoms with Gasteiger partial charge in [0.25, 0.3) is 5.91 Å². The molecule has 0 saturated heterocycles. The number of rotatable bonds is 9. The number of fused-ring (bicyclic) bond motifs is 7. The summed E-state index contributed by atoms with van der Waals surface area (Å²) in [6.45, 7) is 25.4. The van der Waals surface area contributed by atoms with Crippen LogP contribution in [0.5, 0.6) is 0 Å². The van der Waals surface area contributed by atoms with Gasteiger partial charge in [-0.2, -0.15) is 0 Å². The van der Waals surface area contributed by atoms with E-state index in [0.717, 1.165) is 63.4 Å². The van der Waals surface area contributed by atoms with Crippen LogP contribution in [0.1, 0.15) is 157 Å². The molecule has 8 unspecified atom stereocenters. The van der Waals surface area contributed by atoms with Crippen LogP contribution in [0.4, 0.5) is 0 Å². The molecule has 1 aromatic carbocycles. The van der Waals surface area contributed by atoms with E-state index < -0.39 is 17.4 Å². The lowest BCUT2D eigenvalue weighted by atomic mass is 9.25. The molecule has 0 radical (unpaired) electrons. The molecule has 8 atom stereocenters. The Balaban J connectivity index is 1.31. The molecule has 0 spiro atoms. The van der Waals surface area contributed by atoms with Gasteiger partial charge in [-0.25, -0.2) is 0 Å². The van der Waals surface area contributed by atoms with Crippen molar-refractivity contribution in [2.24, 2.45) is 55.2 Å². The van der Waals surface area contributed by atoms with Crippen molar-refractivity contribution < 1.29 is 29.0 Å². The summed E-state index contributed by atoms with van der Waals surface area (Å²) in [6.07, 6.45) is 8.88. The zero-order valence-corrected chi connectivity index (χ0v) is 34.6. The van der Waals surface area contributed by atoms with Gasteiger partial charge in [-0.05, 0) is 128 Å². The number of hydrogen-bond acceptors (Lipinski definition) is 5. The molecule has 4 saturated carbocycles. The first-order valence-electron chi connectivity index (χ1n) is 20.5. The molecule has 5 aliphatic rings. The smallest absolute Gasteiger partial charge is 0.309 e. The van der Waals surface area contributed by atoms with Crippen LogP contribution in [0.3, 0.4) is 0 Å². The van der Waals surface area contributed by atoms with E-state index in [4.69, 9.17) is 4.74 Å². The number of aliphatic carboxylic acids is 1. The Morgan fingerprint density at radius 1 is 0.849 bits per heavy atom. The number of Topliss-reactive ketones (excluding diaryl/α,β-unsaturated/α-hetero) is 1. The fourth-order valence-electron chi connectivity index (χ4n) is 13.7. The second kappa shape index (κ2) is 12.8. The number of carbonyl (C=O) groups is 4. The quantitative estimate of drug-likeness (QED) is 0.245. The van der Waals surface area contributed by atoms with Crippen molar-refractivity contribution in [2.45, 2.75) is 153 Å². The van der Waals surface area contributed by atoms with Gasteiger partial charge in [0.2, 0.25) is 0 Å². The maximum atomic E-state index is 14.1. The number of ketones is 1. The van der Waals surface area contributed by atoms with E-state index in [0.29, 0.717) is 30.2 Å². The summed E-state index contributed by atoms with van der Waals surface area (Å²) < 4.78 is 6.26. The highest BCUT2D eigenvalue weighted by atomic mass is 16.5. The maximum Gasteiger partial charge on any atom is 0.309 e. The topological polar surface area (TPSA) is 110 Å². The second-order valence-corrected chi connectivity index (χ2v) is 20.7. The van der Waals surface area contributed by atoms with Crippen LogP contribution in [0, 0.1) is 55.2 Å². The summed E-state index contributed by atoms with van der Waals surface area (Å²) in [5.74, 6) is -0.677. The number of carboxylic acid groups (broad SMARTS) is 1. The minimum absolute atomic E-state index is 0.000618. The average Bonchev–Trinajstić information content (AvgIpc) is 3.38. The monoisotopic (exact) mass is 729 g/mol. The van der Waals surface area contributed by atoms with Crippen molar-refractivity contribution in [3.05, 3.63) is 47.0 Å². The van der Waals surface area contributed by atoms with Gasteiger partial charge >= 0.3 is 11.9 Å². The molecule has 7 nitrogen and oxygen atoms in total. The number of hydrogen-bond donors (Lipinski definition) is 2. The summed E-state index contributed by atoms with van der Waals surface area (Å²) in [7, 11) is 0. The molecule has 4 fully saturated rings. The van der Waals surface area contributed by atoms with Crippen LogP contribution in [0.25, 0.3) is 0 Å². The number of carboxylic acids is 1. The van der Waals surface area contributed by atoms with Crippen molar-refractivity contribution in [3.63, 3.8) is 0 Å². The summed E-state index contributed by atoms with van der Waals surface area (Å²) in [4.78, 5) is 52.2. The molecule has 0 aliphatic heterocycles. The molecule has 7 heteroatoms. The Bertz CT molecular complexity index is 1710. The first kappa shape index (κ1) is 39.7. The number of allylic oxidation sites excluding steroid dienone is 2. The van der Waals surface area contributed by atoms with E-state index in [2.05, 4.69) is 67.6 Å². The van der Waals surface area contributed by atoms with Gasteiger partial charge in [-0.3, -0.25) is 19.2 Å². The van der Waals surface area contributed by atoms with Crippen molar-refractivity contribution in [3.8, 4) is 0 Å². The third-order valence-corrected chi connectivity index (χ3v) is 17.9. The highest BCUT2D eigenvalue weighted by molar-refractivity contribution is 6.00. The molecule has 0 aromatic heterocycles. The van der Waals surface area contributed by atoms with Gasteiger partial charge in [0.05, 0.1) is 11.8 Å². The van der Waals surface area contributed by atoms with Crippen LogP contribution >= 0.6 is 0 Å². The van der Waals surface area contributed by atoms with Gasteiger partial charge in [0.1, 0.15) is 6.10 Å². The summed E-state index contributed by atoms with van der Waals surface area (Å²) in [6, 6.07) is 9.39. The van der Waals surface area contributed by atoms with E-state index in [1.807, 2.05) is 30.3 Å². The molecule has 5 aliphatic carbocycles. The maximum absolute atomic E-state index is 14.1. The highest BCUT2D eigenvalue weighted by Gasteiger charge is 2.77. The van der Waals surface area contributed by atoms with Gasteiger partial charge in [0.15, 0.2) is 5.78 Å². The molecule has 2 N–H and O–H groups in total. The number of esters is 1. The standard InChI is InChI=1S/C46H67NO6/c1-29(2)35-32(48)27-46(25-26-47-37(50)30-15-13-12-14-16-30)24-21-41(7)31(36(35)46)17-19-45(11)43(41,9)23-22-42(8)40(5,6)33(18-20-44(42,45)10)53-34(49)28-39(3,4)38(51)52/h12-16,29,31,33H,17-28H2,1-11H3,(H,47,50)(H,51,52). The molecule has 1 amide bonds. The number of ether oxygens (including phenoxy) is 1. The lowest BCUT2D eigenvalue weighted by Gasteiger charge is -2.79. The molecule has 0 bridgehead atoms. The van der Waals surface area contributed by atoms with Crippen molar-refractivity contribution in [1.29, 1.82) is 0 Å². The second-order valence-electron chi connectivity index (χ2n) is 20.7. The van der Waals surface area contributed by atoms with E-state index in [-0.39, 0.29) is 62.3 Å². The molecular formula is C46H67NO6. The van der Waals surface area contributed by atoms with Crippen molar-refractivity contribution >= 4 is 23.6 Å². The fourth-order valence-corrected chi connectivity index (χ4v) is 13.7. The normalized spacial score (nSPS) is 39.1. The van der Waals surface area contributed by atoms with E-state index in [1.54, 1.807) is 13.8 Å². The van der Waals surface area contributed by atoms with Crippen LogP contribution in [0.2, 0.25) is 0 Å². The molecule has 53 heavy (non-hydrogen) atoms. The minimum atomic E-state index is -1.18. The Kier molecular flexibility index (Phi) is 9.59. The Hall–Kier alpha value is -2.96. The molecular weight excluding hydrogens is 663 g/mol. The minimum Gasteiger partial charge on any atom is -0.481 e. The van der Waals surface area contributed by atoms with Crippen molar-refractivity contribution in [2.75, 3.05) is 6.54 Å². The van der Waals surface area contributed by atoms with Gasteiger partial charge in [-0.15, -0.1) is 0 Å². The van der Waals surface area contributed by atoms with E-state index in [1.165, 1.54) is 5.57 Å². The summed E-state index contributed by atoms with van der Waals surface area (Å²) in [5, 5.41) is 12.9. The predicted molar refractivity (Wildman–Crippen MR) is 208 cm³/mol. The Morgan fingerprint density at radius 3 is 2.08 bits per heavy atom. The van der Waals surface area contributed by atoms with Crippen LogP contribution in [0.15, 0.2) is 41.5 Å². The van der Waals surface area contributed by atoms with E-state index in [9.17, 15) is 24.3 Å². The lowest BCUT2D eigenvalue weighted by molar-refractivity contribution is -0.311. The zero-order chi connectivity index (χ0) is 39.2. The summed E-state index contributed by atoms with van der Waals surface area (Å²) in [5.41, 5.74) is 1.32. The number of benzene rings is 1. The Labute approximate surface area is 318 Å². The first-order chi connectivity index (χ1) is 24.5. The van der Waals surface area contributed by atoms with Crippen molar-refractivity contribution in [1.82, 2.24) is 5.32 Å². The van der Waals surface area contributed by atoms with E-state index >= 15 is 0 Å². The SMILES string of the molecule is CC(C)C1=C2C3CCC4(C)C(C)(CCC5(C)C(C)(C)C(OC(=O)CC(C)(C)C(=O)O)CCC54C)C3(C)CCC2(CCNC(=O)c2ccccc2)CC1=O. The third-order valence-electron chi connectivity index (χ3n) is 17.9. The highest BCUT2D eigenvalue weighted by Crippen LogP contribution is 2.83. The largest absolute Gasteiger partial charge is 0.481 e. The average molecular weight is 730 g/mol. The molecule has 1 aromatic rings. The predicted octanol–water partition coefficient (Wildman–Crippen LogP) is 9.98. The van der Waals surface area contributed by atoms with Gasteiger partial charge < -0.3 is 15.2 Å². The third kappa shape index (κ3) is 5.46. The number of nitrogens with one attached hydrogen (secondary N) is 1. The van der Waals surface area contributed by atoms with Gasteiger partial charge in [0, 0.05) is 29.4 Å². The molecule has 0 heterocycles. The zero-order valence-electron chi connectivity index (χ0n) is 34.6. The molecule has 292 valence electrons. The number of amides is 1. The number of carbonyl (C=O) groups excluding carboxylic acids is 3. The van der Waals surface area contributed by atoms with Crippen LogP contribution < -0.4 is 5.32 Å². The van der Waals surface area contributed by atoms with Crippen LogP contribution in [-0.2, 0) is 19.1 Å². The fraction of sp³-hybridized carbons (Fsp3) is 0.739. The first-order valence-corrected chi connectivity index (χ1v) is 20.5. The van der Waals surface area contributed by atoms with Gasteiger partial charge in [-0.1, -0.05) is 86.1 Å². The lowest BCUT2D eigenvalue weighted by Crippen LogP contribution is -2.73. The summed E-state index contributed by atoms with van der Waals surface area (Å²) >= 11 is 0. The molecule has 6 rings (SSSR count). The Morgan fingerprint density at radius 2 is 1.45 bits per heavy atom. The van der Waals surface area contributed by atoms with Crippen LogP contribution in [-0.4, -0.2) is 41.4 Å².